The molecule has 0 atom stereocenters. The topological polar surface area (TPSA) is 12.0 Å². The Bertz CT molecular complexity index is 366. The molecule has 1 aromatic rings. The smallest absolute Gasteiger partial charge is 0.0406 e. The second kappa shape index (κ2) is 6.40. The minimum atomic E-state index is 0.185. The maximum absolute atomic E-state index is 6.22. The van der Waals surface area contributed by atoms with E-state index in [9.17, 15) is 0 Å². The van der Waals surface area contributed by atoms with Gasteiger partial charge in [-0.05, 0) is 50.2 Å². The first-order valence-electron chi connectivity index (χ1n) is 7.06. The maximum Gasteiger partial charge on any atom is 0.0406 e. The second-order valence-electron chi connectivity index (χ2n) is 5.67. The zero-order valence-electron chi connectivity index (χ0n) is 11.5. The molecule has 1 N–H and O–H groups in total. The van der Waals surface area contributed by atoms with E-state index in [0.717, 1.165) is 24.8 Å². The van der Waals surface area contributed by atoms with Crippen LogP contribution >= 0.6 is 22.9 Å². The third kappa shape index (κ3) is 3.49. The fourth-order valence-electron chi connectivity index (χ4n) is 2.65. The maximum atomic E-state index is 6.22. The minimum absolute atomic E-state index is 0.185. The Hall–Kier alpha value is -0.0500. The number of thiophene rings is 1. The van der Waals surface area contributed by atoms with E-state index >= 15 is 0 Å². The third-order valence-electron chi connectivity index (χ3n) is 4.19. The summed E-state index contributed by atoms with van der Waals surface area (Å²) in [5.74, 6) is 1.61. The Labute approximate surface area is 120 Å². The first kappa shape index (κ1) is 14.4. The lowest BCUT2D eigenvalue weighted by atomic mass is 9.78. The SMILES string of the molecule is CCc1ccc(CNC2(CCl)CCC(C)CC2)s1. The van der Waals surface area contributed by atoms with Crippen molar-refractivity contribution in [2.45, 2.75) is 58.0 Å². The molecule has 18 heavy (non-hydrogen) atoms. The summed E-state index contributed by atoms with van der Waals surface area (Å²) in [4.78, 5) is 2.92. The molecule has 0 spiro atoms. The van der Waals surface area contributed by atoms with E-state index < -0.39 is 0 Å². The van der Waals surface area contributed by atoms with Crippen LogP contribution in [-0.2, 0) is 13.0 Å². The molecular formula is C15H24ClNS. The van der Waals surface area contributed by atoms with Crippen molar-refractivity contribution in [1.82, 2.24) is 5.32 Å². The van der Waals surface area contributed by atoms with Gasteiger partial charge in [-0.1, -0.05) is 13.8 Å². The van der Waals surface area contributed by atoms with Crippen LogP contribution in [0.5, 0.6) is 0 Å². The predicted molar refractivity (Wildman–Crippen MR) is 81.6 cm³/mol. The van der Waals surface area contributed by atoms with Crippen LogP contribution in [0.4, 0.5) is 0 Å². The Morgan fingerprint density at radius 3 is 2.56 bits per heavy atom. The average Bonchev–Trinajstić information content (AvgIpc) is 2.87. The number of halogens is 1. The summed E-state index contributed by atoms with van der Waals surface area (Å²) in [5, 5.41) is 3.74. The molecule has 1 aliphatic rings. The van der Waals surface area contributed by atoms with Crippen LogP contribution in [0, 0.1) is 5.92 Å². The second-order valence-corrected chi connectivity index (χ2v) is 7.19. The first-order chi connectivity index (χ1) is 8.67. The van der Waals surface area contributed by atoms with Crippen LogP contribution < -0.4 is 5.32 Å². The monoisotopic (exact) mass is 285 g/mol. The molecule has 0 radical (unpaired) electrons. The van der Waals surface area contributed by atoms with Gasteiger partial charge in [0.2, 0.25) is 0 Å². The van der Waals surface area contributed by atoms with Crippen LogP contribution in [0.25, 0.3) is 0 Å². The van der Waals surface area contributed by atoms with E-state index in [1.54, 1.807) is 0 Å². The molecule has 2 rings (SSSR count). The molecule has 0 bridgehead atoms. The van der Waals surface area contributed by atoms with Gasteiger partial charge in [-0.15, -0.1) is 22.9 Å². The highest BCUT2D eigenvalue weighted by Gasteiger charge is 2.32. The fraction of sp³-hybridized carbons (Fsp3) is 0.733. The van der Waals surface area contributed by atoms with Crippen molar-refractivity contribution in [1.29, 1.82) is 0 Å². The lowest BCUT2D eigenvalue weighted by Gasteiger charge is -2.39. The largest absolute Gasteiger partial charge is 0.305 e. The summed E-state index contributed by atoms with van der Waals surface area (Å²) in [5.41, 5.74) is 0.185. The summed E-state index contributed by atoms with van der Waals surface area (Å²) in [6, 6.07) is 4.50. The van der Waals surface area contributed by atoms with Gasteiger partial charge in [-0.25, -0.2) is 0 Å². The van der Waals surface area contributed by atoms with Gasteiger partial charge in [0, 0.05) is 27.7 Å². The summed E-state index contributed by atoms with van der Waals surface area (Å²) in [6.45, 7) is 5.54. The summed E-state index contributed by atoms with van der Waals surface area (Å²) < 4.78 is 0. The molecule has 0 saturated heterocycles. The van der Waals surface area contributed by atoms with E-state index in [1.807, 2.05) is 11.3 Å². The van der Waals surface area contributed by atoms with Crippen LogP contribution in [0.2, 0.25) is 0 Å². The lowest BCUT2D eigenvalue weighted by Crippen LogP contribution is -2.48. The standard InChI is InChI=1S/C15H24ClNS/c1-3-13-4-5-14(18-13)10-17-15(11-16)8-6-12(2)7-9-15/h4-5,12,17H,3,6-11H2,1-2H3. The van der Waals surface area contributed by atoms with Crippen molar-refractivity contribution in [2.75, 3.05) is 5.88 Å². The molecule has 0 aromatic carbocycles. The highest BCUT2D eigenvalue weighted by molar-refractivity contribution is 7.11. The van der Waals surface area contributed by atoms with Crippen LogP contribution in [0.15, 0.2) is 12.1 Å². The Morgan fingerprint density at radius 2 is 2.00 bits per heavy atom. The zero-order chi connectivity index (χ0) is 13.0. The van der Waals surface area contributed by atoms with Crippen molar-refractivity contribution in [3.8, 4) is 0 Å². The van der Waals surface area contributed by atoms with Gasteiger partial charge >= 0.3 is 0 Å². The van der Waals surface area contributed by atoms with Gasteiger partial charge in [0.1, 0.15) is 0 Å². The van der Waals surface area contributed by atoms with Crippen LogP contribution in [-0.4, -0.2) is 11.4 Å². The van der Waals surface area contributed by atoms with Crippen molar-refractivity contribution in [2.24, 2.45) is 5.92 Å². The molecule has 1 aliphatic carbocycles. The van der Waals surface area contributed by atoms with E-state index in [2.05, 4.69) is 31.3 Å². The van der Waals surface area contributed by atoms with Crippen molar-refractivity contribution >= 4 is 22.9 Å². The van der Waals surface area contributed by atoms with E-state index in [1.165, 1.54) is 35.4 Å². The van der Waals surface area contributed by atoms with E-state index in [0.29, 0.717) is 0 Å². The average molecular weight is 286 g/mol. The molecule has 1 saturated carbocycles. The highest BCUT2D eigenvalue weighted by Crippen LogP contribution is 2.33. The van der Waals surface area contributed by atoms with Crippen LogP contribution in [0.3, 0.4) is 0 Å². The van der Waals surface area contributed by atoms with E-state index in [4.69, 9.17) is 11.6 Å². The summed E-state index contributed by atoms with van der Waals surface area (Å²) in [7, 11) is 0. The molecule has 0 aliphatic heterocycles. The molecule has 1 aromatic heterocycles. The van der Waals surface area contributed by atoms with Crippen molar-refractivity contribution in [3.05, 3.63) is 21.9 Å². The number of alkyl halides is 1. The predicted octanol–water partition coefficient (Wildman–Crippen LogP) is 4.59. The fourth-order valence-corrected chi connectivity index (χ4v) is 3.91. The van der Waals surface area contributed by atoms with Gasteiger partial charge < -0.3 is 5.32 Å². The minimum Gasteiger partial charge on any atom is -0.305 e. The zero-order valence-corrected chi connectivity index (χ0v) is 13.0. The summed E-state index contributed by atoms with van der Waals surface area (Å²) in [6.07, 6.45) is 6.21. The van der Waals surface area contributed by atoms with Gasteiger partial charge in [-0.3, -0.25) is 0 Å². The normalized spacial score (nSPS) is 28.5. The van der Waals surface area contributed by atoms with Gasteiger partial charge in [0.25, 0.3) is 0 Å². The number of aryl methyl sites for hydroxylation is 1. The number of hydrogen-bond donors (Lipinski definition) is 1. The Kier molecular flexibility index (Phi) is 5.11. The summed E-state index contributed by atoms with van der Waals surface area (Å²) >= 11 is 8.15. The molecule has 3 heteroatoms. The third-order valence-corrected chi connectivity index (χ3v) is 5.93. The Balaban J connectivity index is 1.90. The molecule has 0 amide bonds. The molecular weight excluding hydrogens is 262 g/mol. The Morgan fingerprint density at radius 1 is 1.33 bits per heavy atom. The van der Waals surface area contributed by atoms with Crippen molar-refractivity contribution < 1.29 is 0 Å². The van der Waals surface area contributed by atoms with Gasteiger partial charge in [-0.2, -0.15) is 0 Å². The van der Waals surface area contributed by atoms with Gasteiger partial charge in [0.15, 0.2) is 0 Å². The highest BCUT2D eigenvalue weighted by atomic mass is 35.5. The van der Waals surface area contributed by atoms with Crippen LogP contribution in [0.1, 0.15) is 49.3 Å². The molecule has 1 fully saturated rings. The molecule has 1 nitrogen and oxygen atoms in total. The quantitative estimate of drug-likeness (QED) is 0.781. The molecule has 0 unspecified atom stereocenters. The lowest BCUT2D eigenvalue weighted by molar-refractivity contribution is 0.216. The molecule has 102 valence electrons. The first-order valence-corrected chi connectivity index (χ1v) is 8.41. The van der Waals surface area contributed by atoms with E-state index in [-0.39, 0.29) is 5.54 Å². The van der Waals surface area contributed by atoms with Gasteiger partial charge in [0.05, 0.1) is 0 Å². The van der Waals surface area contributed by atoms with Crippen molar-refractivity contribution in [3.63, 3.8) is 0 Å². The number of nitrogens with one attached hydrogen (secondary N) is 1. The number of rotatable bonds is 5. The number of hydrogen-bond acceptors (Lipinski definition) is 2. The molecule has 1 heterocycles.